The van der Waals surface area contributed by atoms with Crippen LogP contribution in [0, 0.1) is 6.92 Å². The van der Waals surface area contributed by atoms with Crippen LogP contribution >= 0.6 is 0 Å². The Morgan fingerprint density at radius 2 is 2.04 bits per heavy atom. The second-order valence-electron chi connectivity index (χ2n) is 7.47. The number of carbonyl (C=O) groups excluding carboxylic acids is 1. The minimum atomic E-state index is -0.138. The molecule has 2 heterocycles. The lowest BCUT2D eigenvalue weighted by Gasteiger charge is -2.33. The van der Waals surface area contributed by atoms with E-state index < -0.39 is 0 Å². The van der Waals surface area contributed by atoms with E-state index in [9.17, 15) is 4.79 Å². The molecule has 1 fully saturated rings. The van der Waals surface area contributed by atoms with E-state index in [0.717, 1.165) is 35.7 Å². The van der Waals surface area contributed by atoms with E-state index in [1.54, 1.807) is 6.26 Å². The molecular formula is C22H30N2O4. The molecule has 28 heavy (non-hydrogen) atoms. The molecule has 6 heteroatoms. The van der Waals surface area contributed by atoms with Crippen molar-refractivity contribution in [1.82, 2.24) is 10.2 Å². The number of furan rings is 1. The van der Waals surface area contributed by atoms with E-state index in [1.165, 1.54) is 0 Å². The fraction of sp³-hybridized carbons (Fsp3) is 0.500. The van der Waals surface area contributed by atoms with Crippen molar-refractivity contribution in [2.45, 2.75) is 32.7 Å². The average Bonchev–Trinajstić information content (AvgIpc) is 3.21. The summed E-state index contributed by atoms with van der Waals surface area (Å²) in [5.74, 6) is 1.83. The number of nitrogens with zero attached hydrogens (tertiary/aromatic N) is 1. The topological polar surface area (TPSA) is 63.9 Å². The van der Waals surface area contributed by atoms with Crippen molar-refractivity contribution < 1.29 is 18.7 Å². The molecule has 152 valence electrons. The maximum absolute atomic E-state index is 12.4. The number of benzene rings is 1. The Bertz CT molecular complexity index is 752. The summed E-state index contributed by atoms with van der Waals surface area (Å²) in [4.78, 5) is 14.7. The van der Waals surface area contributed by atoms with Gasteiger partial charge in [0, 0.05) is 19.6 Å². The molecule has 2 aromatic rings. The number of aryl methyl sites for hydroxylation is 1. The first-order valence-corrected chi connectivity index (χ1v) is 9.90. The molecule has 0 bridgehead atoms. The van der Waals surface area contributed by atoms with E-state index in [2.05, 4.69) is 36.2 Å². The van der Waals surface area contributed by atoms with Gasteiger partial charge in [-0.05, 0) is 42.2 Å². The van der Waals surface area contributed by atoms with Gasteiger partial charge in [-0.15, -0.1) is 0 Å². The lowest BCUT2D eigenvalue weighted by Crippen LogP contribution is -2.44. The molecule has 0 spiro atoms. The molecule has 0 aliphatic carbocycles. The molecule has 1 N–H and O–H groups in total. The second-order valence-corrected chi connectivity index (χ2v) is 7.47. The van der Waals surface area contributed by atoms with Gasteiger partial charge in [0.1, 0.15) is 11.5 Å². The van der Waals surface area contributed by atoms with Gasteiger partial charge in [-0.2, -0.15) is 0 Å². The Labute approximate surface area is 166 Å². The number of morpholine rings is 1. The predicted molar refractivity (Wildman–Crippen MR) is 108 cm³/mol. The number of carbonyl (C=O) groups is 1. The fourth-order valence-electron chi connectivity index (χ4n) is 3.43. The Morgan fingerprint density at radius 1 is 1.25 bits per heavy atom. The third-order valence-electron chi connectivity index (χ3n) is 5.00. The summed E-state index contributed by atoms with van der Waals surface area (Å²) in [6.45, 7) is 9.75. The third-order valence-corrected chi connectivity index (χ3v) is 5.00. The van der Waals surface area contributed by atoms with Crippen molar-refractivity contribution in [3.63, 3.8) is 0 Å². The van der Waals surface area contributed by atoms with Gasteiger partial charge >= 0.3 is 0 Å². The van der Waals surface area contributed by atoms with Crippen LogP contribution in [0.15, 0.2) is 41.0 Å². The van der Waals surface area contributed by atoms with E-state index in [4.69, 9.17) is 13.9 Å². The smallest absolute Gasteiger partial charge is 0.258 e. The molecule has 1 atom stereocenters. The minimum Gasteiger partial charge on any atom is -0.483 e. The highest BCUT2D eigenvalue weighted by Gasteiger charge is 2.25. The molecule has 6 nitrogen and oxygen atoms in total. The van der Waals surface area contributed by atoms with Gasteiger partial charge in [0.05, 0.1) is 25.5 Å². The monoisotopic (exact) mass is 386 g/mol. The molecule has 1 aliphatic rings. The summed E-state index contributed by atoms with van der Waals surface area (Å²) in [5, 5.41) is 3.00. The number of nitrogens with one attached hydrogen (secondary N) is 1. The van der Waals surface area contributed by atoms with Gasteiger partial charge in [-0.1, -0.05) is 26.0 Å². The van der Waals surface area contributed by atoms with Crippen LogP contribution in [0.2, 0.25) is 0 Å². The molecule has 0 radical (unpaired) electrons. The molecule has 1 aromatic heterocycles. The van der Waals surface area contributed by atoms with Crippen LogP contribution in [0.25, 0.3) is 0 Å². The van der Waals surface area contributed by atoms with Gasteiger partial charge < -0.3 is 19.2 Å². The average molecular weight is 386 g/mol. The van der Waals surface area contributed by atoms with Crippen molar-refractivity contribution in [2.24, 2.45) is 0 Å². The second kappa shape index (κ2) is 9.75. The van der Waals surface area contributed by atoms with Crippen molar-refractivity contribution in [2.75, 3.05) is 39.5 Å². The van der Waals surface area contributed by atoms with Crippen LogP contribution in [-0.2, 0) is 9.53 Å². The van der Waals surface area contributed by atoms with Crippen molar-refractivity contribution in [3.8, 4) is 5.75 Å². The highest BCUT2D eigenvalue weighted by atomic mass is 16.5. The SMILES string of the molecule is Cc1ccc(C(C)C)c(OCC(=O)NC[C@H](c2ccco2)N2CCOCC2)c1. The van der Waals surface area contributed by atoms with Crippen LogP contribution in [0.5, 0.6) is 5.75 Å². The van der Waals surface area contributed by atoms with Crippen molar-refractivity contribution >= 4 is 5.91 Å². The largest absolute Gasteiger partial charge is 0.483 e. The van der Waals surface area contributed by atoms with Crippen LogP contribution in [0.4, 0.5) is 0 Å². The summed E-state index contributed by atoms with van der Waals surface area (Å²) >= 11 is 0. The molecule has 1 saturated heterocycles. The van der Waals surface area contributed by atoms with Crippen molar-refractivity contribution in [1.29, 1.82) is 0 Å². The Hall–Kier alpha value is -2.31. The zero-order chi connectivity index (χ0) is 19.9. The van der Waals surface area contributed by atoms with Gasteiger partial charge in [0.25, 0.3) is 5.91 Å². The summed E-state index contributed by atoms with van der Waals surface area (Å²) < 4.78 is 16.9. The first kappa shape index (κ1) is 20.4. The predicted octanol–water partition coefficient (Wildman–Crippen LogP) is 3.28. The molecule has 1 aromatic carbocycles. The van der Waals surface area contributed by atoms with Crippen LogP contribution in [0.3, 0.4) is 0 Å². The van der Waals surface area contributed by atoms with Crippen LogP contribution in [-0.4, -0.2) is 50.3 Å². The van der Waals surface area contributed by atoms with E-state index in [1.807, 2.05) is 25.1 Å². The number of ether oxygens (including phenoxy) is 2. The number of hydrogen-bond acceptors (Lipinski definition) is 5. The fourth-order valence-corrected chi connectivity index (χ4v) is 3.43. The molecule has 0 unspecified atom stereocenters. The maximum atomic E-state index is 12.4. The molecular weight excluding hydrogens is 356 g/mol. The first-order chi connectivity index (χ1) is 13.5. The minimum absolute atomic E-state index is 0.00282. The zero-order valence-corrected chi connectivity index (χ0v) is 16.9. The molecule has 1 aliphatic heterocycles. The zero-order valence-electron chi connectivity index (χ0n) is 16.9. The Balaban J connectivity index is 1.57. The highest BCUT2D eigenvalue weighted by molar-refractivity contribution is 5.77. The molecule has 0 saturated carbocycles. The van der Waals surface area contributed by atoms with Crippen LogP contribution in [0.1, 0.15) is 42.7 Å². The quantitative estimate of drug-likeness (QED) is 0.754. The van der Waals surface area contributed by atoms with Gasteiger partial charge in [0.2, 0.25) is 0 Å². The summed E-state index contributed by atoms with van der Waals surface area (Å²) in [6.07, 6.45) is 1.67. The summed E-state index contributed by atoms with van der Waals surface area (Å²) in [6, 6.07) is 9.94. The lowest BCUT2D eigenvalue weighted by atomic mass is 10.0. The summed E-state index contributed by atoms with van der Waals surface area (Å²) in [7, 11) is 0. The normalized spacial score (nSPS) is 16.1. The van der Waals surface area contributed by atoms with Gasteiger partial charge in [-0.25, -0.2) is 0 Å². The van der Waals surface area contributed by atoms with Crippen molar-refractivity contribution in [3.05, 3.63) is 53.5 Å². The van der Waals surface area contributed by atoms with Gasteiger partial charge in [-0.3, -0.25) is 9.69 Å². The molecule has 3 rings (SSSR count). The summed E-state index contributed by atoms with van der Waals surface area (Å²) in [5.41, 5.74) is 2.23. The molecule has 1 amide bonds. The number of rotatable bonds is 8. The highest BCUT2D eigenvalue weighted by Crippen LogP contribution is 2.27. The lowest BCUT2D eigenvalue weighted by molar-refractivity contribution is -0.123. The number of amides is 1. The van der Waals surface area contributed by atoms with Gasteiger partial charge in [0.15, 0.2) is 6.61 Å². The number of hydrogen-bond donors (Lipinski definition) is 1. The first-order valence-electron chi connectivity index (χ1n) is 9.90. The maximum Gasteiger partial charge on any atom is 0.258 e. The Kier molecular flexibility index (Phi) is 7.12. The van der Waals surface area contributed by atoms with E-state index in [0.29, 0.717) is 25.7 Å². The third kappa shape index (κ3) is 5.36. The Morgan fingerprint density at radius 3 is 2.71 bits per heavy atom. The van der Waals surface area contributed by atoms with E-state index >= 15 is 0 Å². The standard InChI is InChI=1S/C22H30N2O4/c1-16(2)18-7-6-17(3)13-21(18)28-15-22(25)23-14-19(20-5-4-10-27-20)24-8-11-26-12-9-24/h4-7,10,13,16,19H,8-9,11-12,14-15H2,1-3H3,(H,23,25)/t19-/m1/s1. The van der Waals surface area contributed by atoms with Crippen LogP contribution < -0.4 is 10.1 Å². The van der Waals surface area contributed by atoms with E-state index in [-0.39, 0.29) is 18.6 Å².